The molecule has 36 heavy (non-hydrogen) atoms. The number of aryl methyl sites for hydroxylation is 1. The fraction of sp³-hybridized carbons (Fsp3) is 0.476. The number of carbonyl (C=O) groups is 1. The van der Waals surface area contributed by atoms with E-state index in [1.54, 1.807) is 20.0 Å². The Balaban J connectivity index is 2.12. The number of carbonyl (C=O) groups excluding carboxylic acids is 1. The number of nitrogens with one attached hydrogen (secondary N) is 1. The lowest BCUT2D eigenvalue weighted by molar-refractivity contribution is -0.190. The molecule has 0 unspecified atom stereocenters. The maximum atomic E-state index is 15.1. The Morgan fingerprint density at radius 1 is 1.22 bits per heavy atom. The van der Waals surface area contributed by atoms with Gasteiger partial charge in [-0.15, -0.1) is 5.10 Å². The SMILES string of the molecule is CCn1c(CO)nn(-c2nc(O[C@@H](C)C(F)(F)F)c(C(=O)Nc3cc(C(C)C)nn3C)cc2F)c1=O. The highest BCUT2D eigenvalue weighted by Gasteiger charge is 2.39. The van der Waals surface area contributed by atoms with Crippen molar-refractivity contribution < 1.29 is 32.2 Å². The van der Waals surface area contributed by atoms with Gasteiger partial charge in [-0.3, -0.25) is 14.0 Å². The third-order valence-corrected chi connectivity index (χ3v) is 5.25. The molecule has 0 spiro atoms. The number of anilines is 1. The summed E-state index contributed by atoms with van der Waals surface area (Å²) in [5.74, 6) is -3.81. The molecule has 3 aromatic heterocycles. The third kappa shape index (κ3) is 5.24. The lowest BCUT2D eigenvalue weighted by Crippen LogP contribution is -2.33. The van der Waals surface area contributed by atoms with Gasteiger partial charge in [0.1, 0.15) is 18.0 Å². The number of aliphatic hydroxyl groups is 1. The molecule has 2 N–H and O–H groups in total. The maximum Gasteiger partial charge on any atom is 0.425 e. The maximum absolute atomic E-state index is 15.1. The number of pyridine rings is 1. The number of alkyl halides is 3. The Labute approximate surface area is 202 Å². The van der Waals surface area contributed by atoms with Crippen molar-refractivity contribution in [3.05, 3.63) is 45.5 Å². The minimum absolute atomic E-state index is 0.0248. The number of rotatable bonds is 8. The number of aromatic nitrogens is 6. The number of hydrogen-bond donors (Lipinski definition) is 2. The van der Waals surface area contributed by atoms with Gasteiger partial charge < -0.3 is 15.2 Å². The van der Waals surface area contributed by atoms with Gasteiger partial charge in [-0.1, -0.05) is 13.8 Å². The molecule has 3 aromatic rings. The van der Waals surface area contributed by atoms with E-state index in [-0.39, 0.29) is 24.1 Å². The standard InChI is InChI=1S/C21H25F4N7O4/c1-6-31-16(9-33)29-32(20(31)35)17-13(22)7-12(19(27-17)36-11(4)21(23,24)25)18(34)26-15-8-14(10(2)3)28-30(15)5/h7-8,10-11,33H,6,9H2,1-5H3,(H,26,34)/t11-/m0/s1. The summed E-state index contributed by atoms with van der Waals surface area (Å²) in [6, 6.07) is 2.17. The van der Waals surface area contributed by atoms with Gasteiger partial charge in [0.25, 0.3) is 5.91 Å². The Hall–Kier alpha value is -3.75. The Morgan fingerprint density at radius 2 is 1.89 bits per heavy atom. The molecule has 0 saturated heterocycles. The predicted molar refractivity (Wildman–Crippen MR) is 119 cm³/mol. The summed E-state index contributed by atoms with van der Waals surface area (Å²) in [5, 5.41) is 19.9. The number of amides is 1. The van der Waals surface area contributed by atoms with Crippen molar-refractivity contribution in [2.45, 2.75) is 59.0 Å². The molecule has 0 radical (unpaired) electrons. The molecule has 196 valence electrons. The molecule has 3 heterocycles. The third-order valence-electron chi connectivity index (χ3n) is 5.25. The van der Waals surface area contributed by atoms with Crippen LogP contribution in [0.15, 0.2) is 16.9 Å². The van der Waals surface area contributed by atoms with Crippen LogP contribution in [-0.4, -0.2) is 52.4 Å². The first-order valence-corrected chi connectivity index (χ1v) is 10.9. The molecule has 0 saturated carbocycles. The normalized spacial score (nSPS) is 12.8. The lowest BCUT2D eigenvalue weighted by atomic mass is 10.1. The predicted octanol–water partition coefficient (Wildman–Crippen LogP) is 2.52. The average molecular weight is 515 g/mol. The van der Waals surface area contributed by atoms with Crippen molar-refractivity contribution in [2.24, 2.45) is 7.05 Å². The number of halogens is 4. The summed E-state index contributed by atoms with van der Waals surface area (Å²) in [4.78, 5) is 29.3. The molecule has 11 nitrogen and oxygen atoms in total. The van der Waals surface area contributed by atoms with E-state index in [9.17, 15) is 27.9 Å². The molecule has 0 aromatic carbocycles. The highest BCUT2D eigenvalue weighted by Crippen LogP contribution is 2.29. The summed E-state index contributed by atoms with van der Waals surface area (Å²) in [6.07, 6.45) is -7.25. The molecule has 0 aliphatic carbocycles. The second-order valence-electron chi connectivity index (χ2n) is 8.15. The quantitative estimate of drug-likeness (QED) is 0.441. The first kappa shape index (κ1) is 26.8. The van der Waals surface area contributed by atoms with Crippen molar-refractivity contribution in [1.29, 1.82) is 0 Å². The van der Waals surface area contributed by atoms with E-state index < -0.39 is 53.6 Å². The van der Waals surface area contributed by atoms with E-state index in [0.717, 1.165) is 4.57 Å². The molecule has 0 aliphatic rings. The van der Waals surface area contributed by atoms with Crippen molar-refractivity contribution in [3.63, 3.8) is 0 Å². The van der Waals surface area contributed by atoms with Crippen LogP contribution in [0.2, 0.25) is 0 Å². The van der Waals surface area contributed by atoms with Crippen LogP contribution in [0.25, 0.3) is 5.82 Å². The Kier molecular flexibility index (Phi) is 7.52. The molecular weight excluding hydrogens is 490 g/mol. The molecule has 3 rings (SSSR count). The van der Waals surface area contributed by atoms with Gasteiger partial charge in [-0.2, -0.15) is 27.9 Å². The van der Waals surface area contributed by atoms with E-state index >= 15 is 4.39 Å². The monoisotopic (exact) mass is 515 g/mol. The van der Waals surface area contributed by atoms with E-state index in [2.05, 4.69) is 20.5 Å². The van der Waals surface area contributed by atoms with Crippen LogP contribution in [0.1, 0.15) is 55.5 Å². The largest absolute Gasteiger partial charge is 0.464 e. The average Bonchev–Trinajstić information content (AvgIpc) is 3.32. The van der Waals surface area contributed by atoms with E-state index in [0.29, 0.717) is 23.4 Å². The van der Waals surface area contributed by atoms with Gasteiger partial charge in [-0.05, 0) is 25.8 Å². The fourth-order valence-electron chi connectivity index (χ4n) is 3.18. The van der Waals surface area contributed by atoms with Crippen molar-refractivity contribution >= 4 is 11.7 Å². The van der Waals surface area contributed by atoms with Crippen LogP contribution in [0.3, 0.4) is 0 Å². The molecular formula is C21H25F4N7O4. The summed E-state index contributed by atoms with van der Waals surface area (Å²) < 4.78 is 62.5. The number of aliphatic hydroxyl groups excluding tert-OH is 1. The van der Waals surface area contributed by atoms with Gasteiger partial charge in [0.05, 0.1) is 5.69 Å². The number of ether oxygens (including phenoxy) is 1. The highest BCUT2D eigenvalue weighted by atomic mass is 19.4. The summed E-state index contributed by atoms with van der Waals surface area (Å²) >= 11 is 0. The van der Waals surface area contributed by atoms with Crippen LogP contribution in [0, 0.1) is 5.82 Å². The minimum Gasteiger partial charge on any atom is -0.464 e. The van der Waals surface area contributed by atoms with Gasteiger partial charge in [0.15, 0.2) is 23.6 Å². The summed E-state index contributed by atoms with van der Waals surface area (Å²) in [7, 11) is 1.54. The minimum atomic E-state index is -4.83. The van der Waals surface area contributed by atoms with Gasteiger partial charge in [0, 0.05) is 19.7 Å². The summed E-state index contributed by atoms with van der Waals surface area (Å²) in [6.45, 7) is 5.43. The lowest BCUT2D eigenvalue weighted by Gasteiger charge is -2.19. The number of hydrogen-bond acceptors (Lipinski definition) is 7. The van der Waals surface area contributed by atoms with E-state index in [1.165, 1.54) is 4.68 Å². The van der Waals surface area contributed by atoms with Crippen molar-refractivity contribution in [2.75, 3.05) is 5.32 Å². The van der Waals surface area contributed by atoms with Crippen LogP contribution >= 0.6 is 0 Å². The van der Waals surface area contributed by atoms with Crippen LogP contribution in [0.4, 0.5) is 23.4 Å². The van der Waals surface area contributed by atoms with Gasteiger partial charge >= 0.3 is 11.9 Å². The Bertz CT molecular complexity index is 1330. The number of nitrogens with zero attached hydrogens (tertiary/aromatic N) is 6. The van der Waals surface area contributed by atoms with Gasteiger partial charge in [-0.25, -0.2) is 9.18 Å². The fourth-order valence-corrected chi connectivity index (χ4v) is 3.18. The first-order valence-electron chi connectivity index (χ1n) is 10.9. The second-order valence-corrected chi connectivity index (χ2v) is 8.15. The molecule has 0 fully saturated rings. The second kappa shape index (κ2) is 10.1. The molecule has 1 amide bonds. The van der Waals surface area contributed by atoms with Crippen molar-refractivity contribution in [3.8, 4) is 11.7 Å². The summed E-state index contributed by atoms with van der Waals surface area (Å²) in [5.41, 5.74) is -0.902. The van der Waals surface area contributed by atoms with E-state index in [4.69, 9.17) is 4.74 Å². The first-order chi connectivity index (χ1) is 16.8. The highest BCUT2D eigenvalue weighted by molar-refractivity contribution is 6.05. The molecule has 15 heteroatoms. The van der Waals surface area contributed by atoms with Gasteiger partial charge in [0.2, 0.25) is 5.88 Å². The Morgan fingerprint density at radius 3 is 2.39 bits per heavy atom. The van der Waals surface area contributed by atoms with Crippen LogP contribution < -0.4 is 15.7 Å². The van der Waals surface area contributed by atoms with Crippen molar-refractivity contribution in [1.82, 2.24) is 29.1 Å². The molecule has 0 bridgehead atoms. The topological polar surface area (TPSA) is 129 Å². The zero-order valence-corrected chi connectivity index (χ0v) is 20.1. The van der Waals surface area contributed by atoms with Crippen LogP contribution in [-0.2, 0) is 20.2 Å². The van der Waals surface area contributed by atoms with Crippen LogP contribution in [0.5, 0.6) is 5.88 Å². The van der Waals surface area contributed by atoms with E-state index in [1.807, 2.05) is 13.8 Å². The molecule has 1 atom stereocenters. The smallest absolute Gasteiger partial charge is 0.425 e. The zero-order valence-electron chi connectivity index (χ0n) is 20.1. The zero-order chi connectivity index (χ0) is 26.9. The molecule has 0 aliphatic heterocycles.